The minimum atomic E-state index is -2.18. The number of nitrogens with zero attached hydrogens (tertiary/aromatic N) is 2. The average Bonchev–Trinajstić information content (AvgIpc) is 3.27. The first-order valence-corrected chi connectivity index (χ1v) is 11.3. The molecule has 0 fully saturated rings. The number of carboxylic acids is 2. The first-order valence-electron chi connectivity index (χ1n) is 10.4. The van der Waals surface area contributed by atoms with Crippen molar-refractivity contribution < 1.29 is 49.4 Å². The summed E-state index contributed by atoms with van der Waals surface area (Å²) in [7, 11) is -2.18. The number of carbonyl (C=O) groups excluding carboxylic acids is 2. The zero-order valence-electron chi connectivity index (χ0n) is 19.9. The Kier molecular flexibility index (Phi) is 11.6. The Bertz CT molecular complexity index is 1220. The van der Waals surface area contributed by atoms with Crippen LogP contribution in [0, 0.1) is 0 Å². The predicted molar refractivity (Wildman–Crippen MR) is 137 cm³/mol. The fraction of sp³-hybridized carbons (Fsp3) is 0.300. The van der Waals surface area contributed by atoms with Crippen LogP contribution in [0.5, 0.6) is 5.75 Å². The summed E-state index contributed by atoms with van der Waals surface area (Å²) in [6.07, 6.45) is -0.417. The number of thiazole rings is 1. The molecular weight excluding hydrogens is 549 g/mol. The molecule has 2 rings (SSSR count). The van der Waals surface area contributed by atoms with Crippen molar-refractivity contribution in [2.45, 2.75) is 31.8 Å². The average molecular weight is 574 g/mol. The number of halogens is 1. The van der Waals surface area contributed by atoms with Crippen molar-refractivity contribution >= 4 is 65.5 Å². The summed E-state index contributed by atoms with van der Waals surface area (Å²) in [6, 6.07) is 3.78. The van der Waals surface area contributed by atoms with Gasteiger partial charge in [0, 0.05) is 5.38 Å². The summed E-state index contributed by atoms with van der Waals surface area (Å²) in [5.41, 5.74) is 2.20. The van der Waals surface area contributed by atoms with Gasteiger partial charge >= 0.3 is 19.1 Å². The minimum Gasteiger partial charge on any atom is -0.507 e. The highest BCUT2D eigenvalue weighted by Crippen LogP contribution is 2.24. The molecule has 15 nitrogen and oxygen atoms in total. The van der Waals surface area contributed by atoms with E-state index in [0.717, 1.165) is 17.4 Å². The van der Waals surface area contributed by atoms with E-state index >= 15 is 0 Å². The van der Waals surface area contributed by atoms with Crippen LogP contribution in [0.15, 0.2) is 28.7 Å². The predicted octanol–water partition coefficient (Wildman–Crippen LogP) is -0.811. The number of phenols is 1. The number of rotatable bonds is 12. The Hall–Kier alpha value is -3.77. The number of nitrogens with two attached hydrogens (primary N) is 1. The molecule has 1 heterocycles. The van der Waals surface area contributed by atoms with Gasteiger partial charge in [0.1, 0.15) is 17.0 Å². The number of anilines is 1. The number of aromatic nitrogens is 1. The standard InChI is InChI=1S/C20H24BN5O10S.ClH/c1-20(2,18(32)33)36-26-14(11-8-37-19(23-11)25-13(27)7-22)16(29)24-12(21(34)35)6-9-4-3-5-10(15(9)28)17(30)31;/h3-5,8,12,28,34-35H,6-7,22H2,1-2H3,(H,24,29)(H,30,31)(H,32,33)(H,23,25,27);1H/b26-14-;. The van der Waals surface area contributed by atoms with Crippen LogP contribution in [0.25, 0.3) is 0 Å². The Morgan fingerprint density at radius 1 is 1.24 bits per heavy atom. The number of hydrogen-bond acceptors (Lipinski definition) is 12. The Labute approximate surface area is 225 Å². The van der Waals surface area contributed by atoms with Crippen LogP contribution in [0.4, 0.5) is 5.13 Å². The van der Waals surface area contributed by atoms with Crippen LogP contribution >= 0.6 is 23.7 Å². The van der Waals surface area contributed by atoms with Gasteiger partial charge in [-0.25, -0.2) is 14.6 Å². The molecule has 0 saturated carbocycles. The molecule has 9 N–H and O–H groups in total. The van der Waals surface area contributed by atoms with E-state index in [9.17, 15) is 44.5 Å². The maximum atomic E-state index is 13.1. The Morgan fingerprint density at radius 3 is 2.45 bits per heavy atom. The molecule has 0 aliphatic heterocycles. The fourth-order valence-corrected chi connectivity index (χ4v) is 3.36. The maximum absolute atomic E-state index is 13.1. The number of hydrogen-bond donors (Lipinski definition) is 8. The number of oxime groups is 1. The monoisotopic (exact) mass is 573 g/mol. The Balaban J connectivity index is 0.00000722. The summed E-state index contributed by atoms with van der Waals surface area (Å²) in [5.74, 6) is -6.60. The number of benzene rings is 1. The molecule has 1 unspecified atom stereocenters. The number of amides is 2. The van der Waals surface area contributed by atoms with Crippen molar-refractivity contribution in [3.8, 4) is 5.75 Å². The summed E-state index contributed by atoms with van der Waals surface area (Å²) >= 11 is 0.894. The van der Waals surface area contributed by atoms with Gasteiger partial charge in [0.2, 0.25) is 11.5 Å². The second-order valence-electron chi connectivity index (χ2n) is 7.95. The lowest BCUT2D eigenvalue weighted by Crippen LogP contribution is -2.50. The van der Waals surface area contributed by atoms with E-state index in [-0.39, 0.29) is 35.3 Å². The third-order valence-corrected chi connectivity index (χ3v) is 5.50. The lowest BCUT2D eigenvalue weighted by Gasteiger charge is -2.20. The van der Waals surface area contributed by atoms with Crippen LogP contribution in [-0.4, -0.2) is 85.0 Å². The number of nitrogens with one attached hydrogen (secondary N) is 2. The number of aromatic hydroxyl groups is 1. The van der Waals surface area contributed by atoms with Gasteiger partial charge in [-0.15, -0.1) is 23.7 Å². The van der Waals surface area contributed by atoms with Crippen LogP contribution in [0.1, 0.15) is 35.5 Å². The lowest BCUT2D eigenvalue weighted by molar-refractivity contribution is -0.161. The van der Waals surface area contributed by atoms with E-state index in [2.05, 4.69) is 20.8 Å². The summed E-state index contributed by atoms with van der Waals surface area (Å²) in [6.45, 7) is 2.00. The highest BCUT2D eigenvalue weighted by atomic mass is 35.5. The van der Waals surface area contributed by atoms with Crippen molar-refractivity contribution in [1.82, 2.24) is 10.3 Å². The van der Waals surface area contributed by atoms with Gasteiger partial charge < -0.3 is 46.6 Å². The second kappa shape index (κ2) is 13.7. The van der Waals surface area contributed by atoms with Gasteiger partial charge in [0.05, 0.1) is 12.5 Å². The van der Waals surface area contributed by atoms with Gasteiger partial charge in [-0.05, 0) is 31.9 Å². The van der Waals surface area contributed by atoms with Gasteiger partial charge in [-0.2, -0.15) is 0 Å². The molecule has 1 aromatic carbocycles. The SMILES string of the molecule is CC(C)(O/N=C(\C(=O)NC(Cc1cccc(C(=O)O)c1O)B(O)O)c1csc(NC(=O)CN)n1)C(=O)O.Cl. The molecule has 38 heavy (non-hydrogen) atoms. The molecule has 1 atom stereocenters. The van der Waals surface area contributed by atoms with Gasteiger partial charge in [-0.1, -0.05) is 17.3 Å². The third kappa shape index (κ3) is 8.39. The molecule has 0 aliphatic rings. The van der Waals surface area contributed by atoms with Crippen LogP contribution in [-0.2, 0) is 25.6 Å². The van der Waals surface area contributed by atoms with Crippen molar-refractivity contribution in [2.75, 3.05) is 11.9 Å². The van der Waals surface area contributed by atoms with E-state index in [0.29, 0.717) is 0 Å². The molecule has 0 radical (unpaired) electrons. The van der Waals surface area contributed by atoms with Crippen molar-refractivity contribution in [2.24, 2.45) is 10.9 Å². The first kappa shape index (κ1) is 32.3. The van der Waals surface area contributed by atoms with Gasteiger partial charge in [0.25, 0.3) is 5.91 Å². The largest absolute Gasteiger partial charge is 0.507 e. The number of aliphatic carboxylic acids is 1. The van der Waals surface area contributed by atoms with E-state index in [1.807, 2.05) is 0 Å². The summed E-state index contributed by atoms with van der Waals surface area (Å²) < 4.78 is 0. The highest BCUT2D eigenvalue weighted by Gasteiger charge is 2.33. The number of carboxylic acid groups (broad SMARTS) is 2. The fourth-order valence-electron chi connectivity index (χ4n) is 2.65. The molecule has 206 valence electrons. The second-order valence-corrected chi connectivity index (χ2v) is 8.81. The first-order chi connectivity index (χ1) is 17.3. The number of para-hydroxylation sites is 1. The van der Waals surface area contributed by atoms with E-state index < -0.39 is 65.9 Å². The van der Waals surface area contributed by atoms with Crippen molar-refractivity contribution in [1.29, 1.82) is 0 Å². The topological polar surface area (TPSA) is 254 Å². The van der Waals surface area contributed by atoms with Gasteiger partial charge in [-0.3, -0.25) is 9.59 Å². The molecule has 0 aliphatic carbocycles. The quantitative estimate of drug-likeness (QED) is 0.0881. The molecule has 1 aromatic heterocycles. The smallest absolute Gasteiger partial charge is 0.475 e. The zero-order valence-corrected chi connectivity index (χ0v) is 21.6. The van der Waals surface area contributed by atoms with Gasteiger partial charge in [0.15, 0.2) is 10.8 Å². The highest BCUT2D eigenvalue weighted by molar-refractivity contribution is 7.14. The van der Waals surface area contributed by atoms with E-state index in [1.54, 1.807) is 0 Å². The molecular formula is C20H25BClN5O10S. The molecule has 0 spiro atoms. The Morgan fingerprint density at radius 2 is 1.89 bits per heavy atom. The molecule has 0 saturated heterocycles. The van der Waals surface area contributed by atoms with E-state index in [1.165, 1.54) is 31.4 Å². The normalized spacial score (nSPS) is 12.1. The molecule has 18 heteroatoms. The minimum absolute atomic E-state index is 0. The lowest BCUT2D eigenvalue weighted by atomic mass is 9.75. The molecule has 0 bridgehead atoms. The number of carbonyl (C=O) groups is 4. The van der Waals surface area contributed by atoms with Crippen molar-refractivity contribution in [3.05, 3.63) is 40.4 Å². The molecule has 2 amide bonds. The summed E-state index contributed by atoms with van der Waals surface area (Å²) in [4.78, 5) is 56.3. The maximum Gasteiger partial charge on any atom is 0.475 e. The zero-order chi connectivity index (χ0) is 27.9. The molecule has 2 aromatic rings. The van der Waals surface area contributed by atoms with Crippen LogP contribution in [0.3, 0.4) is 0 Å². The van der Waals surface area contributed by atoms with Crippen LogP contribution in [0.2, 0.25) is 0 Å². The summed E-state index contributed by atoms with van der Waals surface area (Å²) in [5, 5.41) is 57.9. The number of aromatic carboxylic acids is 1. The van der Waals surface area contributed by atoms with E-state index in [4.69, 9.17) is 10.6 Å². The van der Waals surface area contributed by atoms with Crippen LogP contribution < -0.4 is 16.4 Å². The third-order valence-electron chi connectivity index (χ3n) is 4.74. The van der Waals surface area contributed by atoms with Crippen molar-refractivity contribution in [3.63, 3.8) is 0 Å².